The van der Waals surface area contributed by atoms with E-state index in [2.05, 4.69) is 10.3 Å². The molecule has 0 saturated heterocycles. The van der Waals surface area contributed by atoms with Crippen LogP contribution in [0.5, 0.6) is 0 Å². The Bertz CT molecular complexity index is 795. The molecule has 3 nitrogen and oxygen atoms in total. The first-order valence-corrected chi connectivity index (χ1v) is 9.23. The van der Waals surface area contributed by atoms with Crippen LogP contribution < -0.4 is 5.32 Å². The number of alkyl halides is 5. The minimum atomic E-state index is -4.54. The number of halogens is 5. The number of nitrogens with one attached hydrogen (secondary N) is 1. The summed E-state index contributed by atoms with van der Waals surface area (Å²) in [5.41, 5.74) is -0.201. The van der Waals surface area contributed by atoms with Crippen molar-refractivity contribution in [3.8, 4) is 0 Å². The van der Waals surface area contributed by atoms with Crippen molar-refractivity contribution in [2.24, 2.45) is 5.92 Å². The highest BCUT2D eigenvalue weighted by Gasteiger charge is 2.46. The van der Waals surface area contributed by atoms with Gasteiger partial charge >= 0.3 is 6.18 Å². The molecular formula is C19H17Cl2F3N2O. The molecule has 1 aromatic heterocycles. The Balaban J connectivity index is 1.82. The molecule has 1 saturated carbocycles. The largest absolute Gasteiger partial charge is 0.433 e. The molecular weight excluding hydrogens is 400 g/mol. The van der Waals surface area contributed by atoms with E-state index in [0.29, 0.717) is 11.1 Å². The number of pyridine rings is 1. The van der Waals surface area contributed by atoms with E-state index in [-0.39, 0.29) is 18.4 Å². The number of benzene rings is 1. The zero-order valence-electron chi connectivity index (χ0n) is 14.1. The Morgan fingerprint density at radius 2 is 1.85 bits per heavy atom. The lowest BCUT2D eigenvalue weighted by Gasteiger charge is -2.32. The van der Waals surface area contributed by atoms with E-state index >= 15 is 0 Å². The molecule has 2 aromatic rings. The van der Waals surface area contributed by atoms with Gasteiger partial charge in [-0.05, 0) is 42.5 Å². The van der Waals surface area contributed by atoms with Crippen LogP contribution in [0.15, 0.2) is 48.7 Å². The predicted octanol–water partition coefficient (Wildman–Crippen LogP) is 4.98. The lowest BCUT2D eigenvalue weighted by atomic mass is 9.92. The summed E-state index contributed by atoms with van der Waals surface area (Å²) in [5.74, 6) is -0.180. The van der Waals surface area contributed by atoms with Gasteiger partial charge in [0.25, 0.3) is 5.91 Å². The Morgan fingerprint density at radius 3 is 2.37 bits per heavy atom. The third-order valence-corrected chi connectivity index (χ3v) is 5.98. The summed E-state index contributed by atoms with van der Waals surface area (Å²) in [5, 5.41) is 2.19. The topological polar surface area (TPSA) is 42.0 Å². The molecule has 1 fully saturated rings. The van der Waals surface area contributed by atoms with Crippen LogP contribution in [-0.4, -0.2) is 22.8 Å². The van der Waals surface area contributed by atoms with Crippen LogP contribution in [0.1, 0.15) is 34.5 Å². The van der Waals surface area contributed by atoms with Crippen LogP contribution >= 0.6 is 23.2 Å². The highest BCUT2D eigenvalue weighted by molar-refractivity contribution is 6.33. The summed E-state index contributed by atoms with van der Waals surface area (Å²) < 4.78 is 38.3. The fourth-order valence-electron chi connectivity index (χ4n) is 2.83. The van der Waals surface area contributed by atoms with E-state index in [9.17, 15) is 18.0 Å². The number of amides is 1. The van der Waals surface area contributed by atoms with Crippen molar-refractivity contribution in [2.45, 2.75) is 29.3 Å². The van der Waals surface area contributed by atoms with Crippen molar-refractivity contribution in [2.75, 3.05) is 6.54 Å². The molecule has 3 rings (SSSR count). The van der Waals surface area contributed by atoms with Crippen molar-refractivity contribution >= 4 is 29.1 Å². The van der Waals surface area contributed by atoms with Crippen LogP contribution in [0, 0.1) is 5.92 Å². The third kappa shape index (κ3) is 4.55. The van der Waals surface area contributed by atoms with Crippen molar-refractivity contribution in [1.82, 2.24) is 10.3 Å². The average Bonchev–Trinajstić information content (AvgIpc) is 3.50. The van der Waals surface area contributed by atoms with E-state index in [1.807, 2.05) is 0 Å². The number of hydrogen-bond donors (Lipinski definition) is 1. The van der Waals surface area contributed by atoms with Crippen LogP contribution in [0.2, 0.25) is 0 Å². The molecule has 27 heavy (non-hydrogen) atoms. The van der Waals surface area contributed by atoms with Crippen LogP contribution in [0.3, 0.4) is 0 Å². The van der Waals surface area contributed by atoms with Crippen molar-refractivity contribution in [3.63, 3.8) is 0 Å². The van der Waals surface area contributed by atoms with Gasteiger partial charge in [-0.15, -0.1) is 23.2 Å². The smallest absolute Gasteiger partial charge is 0.350 e. The first kappa shape index (κ1) is 20.0. The van der Waals surface area contributed by atoms with Gasteiger partial charge in [-0.1, -0.05) is 24.3 Å². The van der Waals surface area contributed by atoms with Gasteiger partial charge in [-0.25, -0.2) is 0 Å². The zero-order chi connectivity index (χ0) is 19.7. The standard InChI is InChI=1S/C19H17Cl2F3N2O/c20-16(12-6-7-12)18(21,11-26-17(27)13-4-2-1-3-5-13)14-8-9-15(25-10-14)19(22,23)24/h1-5,8-10,12,16H,6-7,11H2,(H,26,27). The molecule has 1 aromatic carbocycles. The molecule has 0 aliphatic heterocycles. The van der Waals surface area contributed by atoms with Gasteiger partial charge in [-0.3, -0.25) is 9.78 Å². The maximum atomic E-state index is 12.8. The quantitative estimate of drug-likeness (QED) is 0.674. The van der Waals surface area contributed by atoms with Crippen molar-refractivity contribution in [3.05, 3.63) is 65.5 Å². The van der Waals surface area contributed by atoms with Crippen LogP contribution in [-0.2, 0) is 11.1 Å². The number of carbonyl (C=O) groups is 1. The molecule has 1 aliphatic carbocycles. The summed E-state index contributed by atoms with van der Waals surface area (Å²) >= 11 is 13.3. The molecule has 144 valence electrons. The second kappa shape index (κ2) is 7.68. The summed E-state index contributed by atoms with van der Waals surface area (Å²) in [6.07, 6.45) is -1.67. The number of nitrogens with zero attached hydrogens (tertiary/aromatic N) is 1. The van der Waals surface area contributed by atoms with Crippen molar-refractivity contribution in [1.29, 1.82) is 0 Å². The fourth-order valence-corrected chi connectivity index (χ4v) is 3.64. The van der Waals surface area contributed by atoms with Gasteiger partial charge in [-0.2, -0.15) is 13.2 Å². The van der Waals surface area contributed by atoms with Gasteiger partial charge in [0, 0.05) is 18.3 Å². The second-order valence-corrected chi connectivity index (χ2v) is 7.72. The number of hydrogen-bond acceptors (Lipinski definition) is 2. The molecule has 2 atom stereocenters. The Morgan fingerprint density at radius 1 is 1.19 bits per heavy atom. The predicted molar refractivity (Wildman–Crippen MR) is 97.9 cm³/mol. The lowest BCUT2D eigenvalue weighted by Crippen LogP contribution is -2.44. The fraction of sp³-hybridized carbons (Fsp3) is 0.368. The van der Waals surface area contributed by atoms with Gasteiger partial charge in [0.05, 0.1) is 5.38 Å². The molecule has 2 unspecified atom stereocenters. The van der Waals surface area contributed by atoms with E-state index in [4.69, 9.17) is 23.2 Å². The van der Waals surface area contributed by atoms with E-state index in [1.54, 1.807) is 30.3 Å². The Labute approximate surface area is 164 Å². The monoisotopic (exact) mass is 416 g/mol. The molecule has 8 heteroatoms. The molecule has 0 spiro atoms. The van der Waals surface area contributed by atoms with Gasteiger partial charge in [0.15, 0.2) is 0 Å². The summed E-state index contributed by atoms with van der Waals surface area (Å²) in [6.45, 7) is -0.0278. The van der Waals surface area contributed by atoms with Crippen molar-refractivity contribution < 1.29 is 18.0 Å². The highest BCUT2D eigenvalue weighted by Crippen LogP contribution is 2.48. The molecule has 0 radical (unpaired) electrons. The highest BCUT2D eigenvalue weighted by atomic mass is 35.5. The first-order valence-electron chi connectivity index (χ1n) is 8.42. The molecule has 1 amide bonds. The van der Waals surface area contributed by atoms with Gasteiger partial charge < -0.3 is 5.32 Å². The zero-order valence-corrected chi connectivity index (χ0v) is 15.7. The normalized spacial score (nSPS) is 17.8. The minimum absolute atomic E-state index is 0.0278. The number of rotatable bonds is 6. The Kier molecular flexibility index (Phi) is 5.68. The average molecular weight is 417 g/mol. The summed E-state index contributed by atoms with van der Waals surface area (Å²) in [4.78, 5) is 14.6. The van der Waals surface area contributed by atoms with E-state index in [1.165, 1.54) is 6.07 Å². The second-order valence-electron chi connectivity index (χ2n) is 6.58. The van der Waals surface area contributed by atoms with E-state index in [0.717, 1.165) is 25.1 Å². The van der Waals surface area contributed by atoms with Crippen LogP contribution in [0.4, 0.5) is 13.2 Å². The SMILES string of the molecule is O=C(NCC(Cl)(c1ccc(C(F)(F)F)nc1)C(Cl)C1CC1)c1ccccc1. The minimum Gasteiger partial charge on any atom is -0.350 e. The number of carbonyl (C=O) groups excluding carboxylic acids is 1. The lowest BCUT2D eigenvalue weighted by molar-refractivity contribution is -0.141. The number of aromatic nitrogens is 1. The molecule has 1 N–H and O–H groups in total. The molecule has 1 aliphatic rings. The molecule has 1 heterocycles. The first-order chi connectivity index (χ1) is 12.7. The maximum Gasteiger partial charge on any atom is 0.433 e. The molecule has 0 bridgehead atoms. The van der Waals surface area contributed by atoms with Gasteiger partial charge in [0.2, 0.25) is 0 Å². The third-order valence-electron chi connectivity index (χ3n) is 4.55. The van der Waals surface area contributed by atoms with Crippen LogP contribution in [0.25, 0.3) is 0 Å². The van der Waals surface area contributed by atoms with Gasteiger partial charge in [0.1, 0.15) is 10.6 Å². The van der Waals surface area contributed by atoms with E-state index < -0.39 is 22.1 Å². The maximum absolute atomic E-state index is 12.8. The Hall–Kier alpha value is -1.79. The summed E-state index contributed by atoms with van der Waals surface area (Å²) in [7, 11) is 0. The summed E-state index contributed by atoms with van der Waals surface area (Å²) in [6, 6.07) is 10.7.